The molecule has 0 spiro atoms. The lowest BCUT2D eigenvalue weighted by Crippen LogP contribution is -1.91. The van der Waals surface area contributed by atoms with Gasteiger partial charge in [-0.15, -0.1) is 0 Å². The molecule has 0 aliphatic rings. The van der Waals surface area contributed by atoms with Gasteiger partial charge in [0, 0.05) is 11.4 Å². The van der Waals surface area contributed by atoms with Crippen molar-refractivity contribution in [1.82, 2.24) is 4.98 Å². The number of fused-ring (bicyclic) bond motifs is 1. The lowest BCUT2D eigenvalue weighted by atomic mass is 10.2. The summed E-state index contributed by atoms with van der Waals surface area (Å²) in [6.07, 6.45) is 0. The van der Waals surface area contributed by atoms with Crippen LogP contribution in [0.3, 0.4) is 0 Å². The lowest BCUT2D eigenvalue weighted by molar-refractivity contribution is 0.624. The van der Waals surface area contributed by atoms with Gasteiger partial charge in [0.05, 0.1) is 15.8 Å². The molecule has 6 heteroatoms. The van der Waals surface area contributed by atoms with Crippen LogP contribution in [0.25, 0.3) is 10.2 Å². The molecule has 0 atom stereocenters. The zero-order valence-corrected chi connectivity index (χ0v) is 11.0. The fourth-order valence-corrected chi connectivity index (χ4v) is 2.74. The van der Waals surface area contributed by atoms with Gasteiger partial charge < -0.3 is 11.1 Å². The molecule has 3 rings (SSSR count). The summed E-state index contributed by atoms with van der Waals surface area (Å²) in [6, 6.07) is 11.6. The molecule has 0 saturated carbocycles. The number of thiazole rings is 1. The maximum atomic E-state index is 13.2. The number of nitrogens with two attached hydrogens (primary N) is 1. The van der Waals surface area contributed by atoms with E-state index in [9.17, 15) is 4.39 Å². The summed E-state index contributed by atoms with van der Waals surface area (Å²) in [7, 11) is 0. The Labute approximate surface area is 118 Å². The smallest absolute Gasteiger partial charge is 0.188 e. The Morgan fingerprint density at radius 1 is 1.25 bits per heavy atom. The first-order valence-corrected chi connectivity index (χ1v) is 6.60. The van der Waals surface area contributed by atoms with E-state index in [0.717, 1.165) is 10.2 Å². The van der Waals surface area contributed by atoms with Crippen molar-refractivity contribution in [3.05, 3.63) is 47.8 Å². The number of anilines is 3. The summed E-state index contributed by atoms with van der Waals surface area (Å²) in [5.74, 6) is -0.532. The molecule has 2 aromatic carbocycles. The number of nitrogen functional groups attached to an aromatic ring is 1. The maximum absolute atomic E-state index is 13.2. The Hall–Kier alpha value is -2.65. The molecule has 0 unspecified atom stereocenters. The SMILES string of the molecule is N#Cc1cc(Nc2nc3ccc(N)cc3s2)ccc1F. The van der Waals surface area contributed by atoms with Gasteiger partial charge in [0.15, 0.2) is 5.13 Å². The van der Waals surface area contributed by atoms with Crippen LogP contribution in [-0.4, -0.2) is 4.98 Å². The number of nitriles is 1. The average Bonchev–Trinajstić information content (AvgIpc) is 2.82. The van der Waals surface area contributed by atoms with Crippen LogP contribution in [0.1, 0.15) is 5.56 Å². The van der Waals surface area contributed by atoms with Crippen LogP contribution in [-0.2, 0) is 0 Å². The third-order valence-corrected chi connectivity index (χ3v) is 3.68. The van der Waals surface area contributed by atoms with Crippen LogP contribution in [0.15, 0.2) is 36.4 Å². The van der Waals surface area contributed by atoms with Crippen molar-refractivity contribution in [3.63, 3.8) is 0 Å². The second-order valence-electron chi connectivity index (χ2n) is 4.18. The molecule has 0 aliphatic carbocycles. The Morgan fingerprint density at radius 2 is 2.10 bits per heavy atom. The molecular formula is C14H9FN4S. The highest BCUT2D eigenvalue weighted by atomic mass is 32.1. The van der Waals surface area contributed by atoms with E-state index in [1.807, 2.05) is 12.1 Å². The lowest BCUT2D eigenvalue weighted by Gasteiger charge is -2.02. The van der Waals surface area contributed by atoms with Crippen molar-refractivity contribution in [3.8, 4) is 6.07 Å². The molecule has 4 nitrogen and oxygen atoms in total. The second-order valence-corrected chi connectivity index (χ2v) is 5.21. The number of halogens is 1. The number of rotatable bonds is 2. The summed E-state index contributed by atoms with van der Waals surface area (Å²) in [5, 5.41) is 12.5. The van der Waals surface area contributed by atoms with Crippen molar-refractivity contribution in [2.45, 2.75) is 0 Å². The quantitative estimate of drug-likeness (QED) is 0.705. The first kappa shape index (κ1) is 12.4. The second kappa shape index (κ2) is 4.79. The van der Waals surface area contributed by atoms with Gasteiger partial charge in [-0.1, -0.05) is 11.3 Å². The fraction of sp³-hybridized carbons (Fsp3) is 0. The molecule has 3 N–H and O–H groups in total. The minimum atomic E-state index is -0.532. The van der Waals surface area contributed by atoms with E-state index in [4.69, 9.17) is 11.0 Å². The van der Waals surface area contributed by atoms with Gasteiger partial charge in [-0.3, -0.25) is 0 Å². The number of hydrogen-bond acceptors (Lipinski definition) is 5. The molecule has 0 radical (unpaired) electrons. The topological polar surface area (TPSA) is 74.7 Å². The molecule has 0 bridgehead atoms. The predicted molar refractivity (Wildman–Crippen MR) is 78.4 cm³/mol. The van der Waals surface area contributed by atoms with E-state index in [0.29, 0.717) is 16.5 Å². The zero-order valence-electron chi connectivity index (χ0n) is 10.2. The van der Waals surface area contributed by atoms with Crippen LogP contribution >= 0.6 is 11.3 Å². The van der Waals surface area contributed by atoms with Gasteiger partial charge in [-0.2, -0.15) is 5.26 Å². The minimum absolute atomic E-state index is 0.000329. The molecule has 0 amide bonds. The molecule has 20 heavy (non-hydrogen) atoms. The van der Waals surface area contributed by atoms with Gasteiger partial charge in [0.25, 0.3) is 0 Å². The highest BCUT2D eigenvalue weighted by molar-refractivity contribution is 7.22. The van der Waals surface area contributed by atoms with Crippen LogP contribution in [0.2, 0.25) is 0 Å². The first-order valence-electron chi connectivity index (χ1n) is 5.78. The summed E-state index contributed by atoms with van der Waals surface area (Å²) in [6.45, 7) is 0. The molecule has 0 aliphatic heterocycles. The van der Waals surface area contributed by atoms with E-state index in [1.54, 1.807) is 18.2 Å². The largest absolute Gasteiger partial charge is 0.399 e. The van der Waals surface area contributed by atoms with E-state index < -0.39 is 5.82 Å². The number of aromatic nitrogens is 1. The van der Waals surface area contributed by atoms with Crippen molar-refractivity contribution < 1.29 is 4.39 Å². The highest BCUT2D eigenvalue weighted by Crippen LogP contribution is 2.29. The molecule has 0 fully saturated rings. The Bertz CT molecular complexity index is 835. The third kappa shape index (κ3) is 2.27. The summed E-state index contributed by atoms with van der Waals surface area (Å²) in [4.78, 5) is 4.40. The Kier molecular flexibility index (Phi) is 2.97. The van der Waals surface area contributed by atoms with Crippen LogP contribution in [0.4, 0.5) is 20.9 Å². The monoisotopic (exact) mass is 284 g/mol. The molecule has 98 valence electrons. The number of nitrogens with zero attached hydrogens (tertiary/aromatic N) is 2. The van der Waals surface area contributed by atoms with Crippen LogP contribution in [0.5, 0.6) is 0 Å². The van der Waals surface area contributed by atoms with Gasteiger partial charge >= 0.3 is 0 Å². The average molecular weight is 284 g/mol. The maximum Gasteiger partial charge on any atom is 0.188 e. The fourth-order valence-electron chi connectivity index (χ4n) is 1.81. The normalized spacial score (nSPS) is 10.4. The number of benzene rings is 2. The third-order valence-electron chi connectivity index (χ3n) is 2.75. The summed E-state index contributed by atoms with van der Waals surface area (Å²) in [5.41, 5.74) is 7.87. The predicted octanol–water partition coefficient (Wildman–Crippen LogP) is 3.63. The van der Waals surface area contributed by atoms with Crippen molar-refractivity contribution >= 4 is 38.1 Å². The first-order chi connectivity index (χ1) is 9.65. The standard InChI is InChI=1S/C14H9FN4S/c15-11-3-2-10(5-8(11)7-16)18-14-19-12-4-1-9(17)6-13(12)20-14/h1-6H,17H2,(H,18,19). The zero-order chi connectivity index (χ0) is 14.1. The Morgan fingerprint density at radius 3 is 2.90 bits per heavy atom. The van der Waals surface area contributed by atoms with Crippen molar-refractivity contribution in [2.75, 3.05) is 11.1 Å². The Balaban J connectivity index is 1.95. The van der Waals surface area contributed by atoms with Gasteiger partial charge in [0.2, 0.25) is 0 Å². The summed E-state index contributed by atoms with van der Waals surface area (Å²) >= 11 is 1.45. The minimum Gasteiger partial charge on any atom is -0.399 e. The molecule has 3 aromatic rings. The highest BCUT2D eigenvalue weighted by Gasteiger charge is 2.07. The van der Waals surface area contributed by atoms with Gasteiger partial charge in [0.1, 0.15) is 11.9 Å². The number of hydrogen-bond donors (Lipinski definition) is 2. The number of nitrogens with one attached hydrogen (secondary N) is 1. The molecule has 0 saturated heterocycles. The molecule has 1 aromatic heterocycles. The van der Waals surface area contributed by atoms with E-state index in [-0.39, 0.29) is 5.56 Å². The van der Waals surface area contributed by atoms with Crippen molar-refractivity contribution in [2.24, 2.45) is 0 Å². The van der Waals surface area contributed by atoms with Gasteiger partial charge in [-0.25, -0.2) is 9.37 Å². The molecular weight excluding hydrogens is 275 g/mol. The van der Waals surface area contributed by atoms with Gasteiger partial charge in [-0.05, 0) is 36.4 Å². The summed E-state index contributed by atoms with van der Waals surface area (Å²) < 4.78 is 14.2. The van der Waals surface area contributed by atoms with E-state index in [1.165, 1.54) is 23.5 Å². The molecule has 1 heterocycles. The van der Waals surface area contributed by atoms with Crippen LogP contribution < -0.4 is 11.1 Å². The van der Waals surface area contributed by atoms with E-state index >= 15 is 0 Å². The van der Waals surface area contributed by atoms with Crippen LogP contribution in [0, 0.1) is 17.1 Å². The van der Waals surface area contributed by atoms with E-state index in [2.05, 4.69) is 10.3 Å². The van der Waals surface area contributed by atoms with Crippen molar-refractivity contribution in [1.29, 1.82) is 5.26 Å².